The minimum absolute atomic E-state index is 0.0368. The monoisotopic (exact) mass is 241 g/mol. The van der Waals surface area contributed by atoms with Gasteiger partial charge in [0, 0.05) is 18.1 Å². The van der Waals surface area contributed by atoms with Crippen molar-refractivity contribution in [2.45, 2.75) is 9.83 Å². The lowest BCUT2D eigenvalue weighted by Crippen LogP contribution is -2.17. The maximum Gasteiger partial charge on any atom is 0.319 e. The van der Waals surface area contributed by atoms with E-state index in [-0.39, 0.29) is 11.2 Å². The fraction of sp³-hybridized carbons (Fsp3) is 0.400. The molecule has 1 fully saturated rings. The first-order chi connectivity index (χ1) is 7.31. The van der Waals surface area contributed by atoms with Crippen LogP contribution < -0.4 is 0 Å². The molecule has 2 heterocycles. The van der Waals surface area contributed by atoms with Crippen molar-refractivity contribution in [3.8, 4) is 0 Å². The van der Waals surface area contributed by atoms with Gasteiger partial charge in [-0.3, -0.25) is 9.78 Å². The molecule has 0 aromatic carbocycles. The third-order valence-corrected chi connectivity index (χ3v) is 5.37. The van der Waals surface area contributed by atoms with Gasteiger partial charge in [-0.25, -0.2) is 0 Å². The molecule has 0 saturated carbocycles. The van der Waals surface area contributed by atoms with E-state index in [0.717, 1.165) is 5.75 Å². The molecule has 1 aromatic rings. The number of carbonyl (C=O) groups is 1. The Hall–Kier alpha value is -0.680. The van der Waals surface area contributed by atoms with Gasteiger partial charge >= 0.3 is 5.97 Å². The molecule has 2 unspecified atom stereocenters. The Bertz CT molecular complexity index is 345. The number of ether oxygens (including phenoxy) is 1. The number of nitrogens with zero attached hydrogens (tertiary/aromatic N) is 1. The molecule has 1 aliphatic heterocycles. The molecule has 0 spiro atoms. The Morgan fingerprint density at radius 1 is 1.67 bits per heavy atom. The number of hydrogen-bond donors (Lipinski definition) is 0. The summed E-state index contributed by atoms with van der Waals surface area (Å²) in [4.78, 5) is 15.4. The Kier molecular flexibility index (Phi) is 3.53. The number of pyridine rings is 1. The molecule has 80 valence electrons. The van der Waals surface area contributed by atoms with E-state index < -0.39 is 0 Å². The molecule has 15 heavy (non-hydrogen) atoms. The van der Waals surface area contributed by atoms with Crippen molar-refractivity contribution < 1.29 is 9.53 Å². The van der Waals surface area contributed by atoms with Crippen LogP contribution in [0, 0.1) is 0 Å². The zero-order valence-corrected chi connectivity index (χ0v) is 9.88. The maximum atomic E-state index is 11.3. The number of thioether (sulfide) groups is 2. The standard InChI is InChI=1S/C10H11NO2S2/c1-13-9(12)8-6-14-10(15-8)7-3-2-4-11-5-7/h2-5,8,10H,6H2,1H3. The lowest BCUT2D eigenvalue weighted by Gasteiger charge is -2.08. The van der Waals surface area contributed by atoms with Crippen molar-refractivity contribution in [3.05, 3.63) is 30.1 Å². The Labute approximate surface area is 97.0 Å². The van der Waals surface area contributed by atoms with E-state index in [0.29, 0.717) is 4.58 Å². The minimum atomic E-state index is -0.126. The second kappa shape index (κ2) is 4.90. The first kappa shape index (κ1) is 10.8. The van der Waals surface area contributed by atoms with Crippen LogP contribution in [0.25, 0.3) is 0 Å². The van der Waals surface area contributed by atoms with Gasteiger partial charge in [-0.05, 0) is 11.6 Å². The van der Waals surface area contributed by atoms with Crippen molar-refractivity contribution in [3.63, 3.8) is 0 Å². The van der Waals surface area contributed by atoms with E-state index in [9.17, 15) is 4.79 Å². The molecule has 2 atom stereocenters. The van der Waals surface area contributed by atoms with Gasteiger partial charge in [-0.1, -0.05) is 6.07 Å². The van der Waals surface area contributed by atoms with Crippen LogP contribution >= 0.6 is 23.5 Å². The van der Waals surface area contributed by atoms with E-state index in [2.05, 4.69) is 4.98 Å². The van der Waals surface area contributed by atoms with Crippen molar-refractivity contribution in [2.75, 3.05) is 12.9 Å². The molecule has 2 rings (SSSR count). The molecule has 1 aromatic heterocycles. The molecule has 1 saturated heterocycles. The molecule has 0 N–H and O–H groups in total. The highest BCUT2D eigenvalue weighted by molar-refractivity contribution is 8.20. The number of esters is 1. The quantitative estimate of drug-likeness (QED) is 0.741. The Morgan fingerprint density at radius 3 is 3.20 bits per heavy atom. The predicted octanol–water partition coefficient (Wildman–Crippen LogP) is 2.10. The lowest BCUT2D eigenvalue weighted by atomic mass is 10.3. The van der Waals surface area contributed by atoms with Crippen LogP contribution in [-0.2, 0) is 9.53 Å². The smallest absolute Gasteiger partial charge is 0.319 e. The summed E-state index contributed by atoms with van der Waals surface area (Å²) in [7, 11) is 1.44. The van der Waals surface area contributed by atoms with Crippen LogP contribution in [0.4, 0.5) is 0 Å². The second-order valence-electron chi connectivity index (χ2n) is 3.10. The fourth-order valence-corrected chi connectivity index (χ4v) is 4.47. The SMILES string of the molecule is COC(=O)C1CSC(c2cccnc2)S1. The van der Waals surface area contributed by atoms with Crippen LogP contribution in [0.2, 0.25) is 0 Å². The Balaban J connectivity index is 2.02. The van der Waals surface area contributed by atoms with E-state index in [1.807, 2.05) is 18.3 Å². The molecule has 3 nitrogen and oxygen atoms in total. The zero-order chi connectivity index (χ0) is 10.7. The second-order valence-corrected chi connectivity index (χ2v) is 5.85. The van der Waals surface area contributed by atoms with Crippen LogP contribution in [0.5, 0.6) is 0 Å². The van der Waals surface area contributed by atoms with Gasteiger partial charge in [0.05, 0.1) is 11.7 Å². The average molecular weight is 241 g/mol. The predicted molar refractivity (Wildman–Crippen MR) is 62.8 cm³/mol. The van der Waals surface area contributed by atoms with Crippen molar-refractivity contribution in [1.82, 2.24) is 4.98 Å². The van der Waals surface area contributed by atoms with Crippen molar-refractivity contribution in [2.24, 2.45) is 0 Å². The highest BCUT2D eigenvalue weighted by atomic mass is 32.2. The van der Waals surface area contributed by atoms with Gasteiger partial charge in [0.1, 0.15) is 5.25 Å². The summed E-state index contributed by atoms with van der Waals surface area (Å²) in [6.07, 6.45) is 3.61. The minimum Gasteiger partial charge on any atom is -0.468 e. The summed E-state index contributed by atoms with van der Waals surface area (Å²) >= 11 is 3.41. The van der Waals surface area contributed by atoms with Crippen molar-refractivity contribution >= 4 is 29.5 Å². The lowest BCUT2D eigenvalue weighted by molar-refractivity contribution is -0.139. The first-order valence-corrected chi connectivity index (χ1v) is 6.55. The number of methoxy groups -OCH3 is 1. The summed E-state index contributed by atoms with van der Waals surface area (Å²) < 4.78 is 5.04. The maximum absolute atomic E-state index is 11.3. The van der Waals surface area contributed by atoms with Gasteiger partial charge in [0.15, 0.2) is 0 Å². The summed E-state index contributed by atoms with van der Waals surface area (Å²) in [5.74, 6) is 0.690. The summed E-state index contributed by atoms with van der Waals surface area (Å²) in [5, 5.41) is -0.0368. The topological polar surface area (TPSA) is 39.2 Å². The first-order valence-electron chi connectivity index (χ1n) is 4.56. The van der Waals surface area contributed by atoms with Gasteiger partial charge in [-0.15, -0.1) is 23.5 Å². The van der Waals surface area contributed by atoms with Gasteiger partial charge in [0.25, 0.3) is 0 Å². The number of hydrogen-bond acceptors (Lipinski definition) is 5. The number of rotatable bonds is 2. The summed E-state index contributed by atoms with van der Waals surface area (Å²) in [6, 6.07) is 3.96. The van der Waals surface area contributed by atoms with E-state index in [1.54, 1.807) is 29.7 Å². The van der Waals surface area contributed by atoms with Crippen LogP contribution in [-0.4, -0.2) is 29.1 Å². The molecular formula is C10H11NO2S2. The Morgan fingerprint density at radius 2 is 2.53 bits per heavy atom. The fourth-order valence-electron chi connectivity index (χ4n) is 1.35. The van der Waals surface area contributed by atoms with E-state index in [4.69, 9.17) is 4.74 Å². The molecule has 0 aliphatic carbocycles. The largest absolute Gasteiger partial charge is 0.468 e. The third-order valence-electron chi connectivity index (χ3n) is 2.11. The van der Waals surface area contributed by atoms with Gasteiger partial charge < -0.3 is 4.74 Å². The van der Waals surface area contributed by atoms with Crippen LogP contribution in [0.3, 0.4) is 0 Å². The van der Waals surface area contributed by atoms with E-state index >= 15 is 0 Å². The molecule has 0 bridgehead atoms. The van der Waals surface area contributed by atoms with Gasteiger partial charge in [-0.2, -0.15) is 0 Å². The average Bonchev–Trinajstić information content (AvgIpc) is 2.78. The van der Waals surface area contributed by atoms with E-state index in [1.165, 1.54) is 12.7 Å². The molecule has 5 heteroatoms. The van der Waals surface area contributed by atoms with Crippen LogP contribution in [0.1, 0.15) is 10.1 Å². The zero-order valence-electron chi connectivity index (χ0n) is 8.25. The number of carbonyl (C=O) groups excluding carboxylic acids is 1. The molecule has 1 aliphatic rings. The van der Waals surface area contributed by atoms with Crippen LogP contribution in [0.15, 0.2) is 24.5 Å². The molecule has 0 radical (unpaired) electrons. The summed E-state index contributed by atoms with van der Waals surface area (Å²) in [6.45, 7) is 0. The highest BCUT2D eigenvalue weighted by Crippen LogP contribution is 2.49. The normalized spacial score (nSPS) is 25.1. The third kappa shape index (κ3) is 2.46. The molecular weight excluding hydrogens is 230 g/mol. The summed E-state index contributed by atoms with van der Waals surface area (Å²) in [5.41, 5.74) is 1.17. The van der Waals surface area contributed by atoms with Gasteiger partial charge in [0.2, 0.25) is 0 Å². The highest BCUT2D eigenvalue weighted by Gasteiger charge is 2.32. The molecule has 0 amide bonds. The number of aromatic nitrogens is 1. The van der Waals surface area contributed by atoms with Crippen molar-refractivity contribution in [1.29, 1.82) is 0 Å².